The lowest BCUT2D eigenvalue weighted by Gasteiger charge is -2.41. The fourth-order valence-corrected chi connectivity index (χ4v) is 7.13. The maximum Gasteiger partial charge on any atom is 0.408 e. The molecule has 0 aliphatic carbocycles. The van der Waals surface area contributed by atoms with E-state index in [-0.39, 0.29) is 43.7 Å². The number of nitrogens with one attached hydrogen (secondary N) is 2. The Bertz CT molecular complexity index is 1850. The minimum Gasteiger partial charge on any atom is -0.445 e. The van der Waals surface area contributed by atoms with Gasteiger partial charge in [-0.15, -0.1) is 11.8 Å². The molecule has 0 bridgehead atoms. The molecular formula is C39H39N3O8S. The molecule has 264 valence electrons. The summed E-state index contributed by atoms with van der Waals surface area (Å²) in [5, 5.41) is 14.9. The number of aliphatic hydroxyl groups is 1. The lowest BCUT2D eigenvalue weighted by atomic mass is 9.91. The van der Waals surface area contributed by atoms with Gasteiger partial charge in [0.25, 0.3) is 5.91 Å². The third kappa shape index (κ3) is 8.84. The van der Waals surface area contributed by atoms with Crippen LogP contribution in [0.25, 0.3) is 0 Å². The van der Waals surface area contributed by atoms with Crippen LogP contribution in [0.5, 0.6) is 0 Å². The number of thioether (sulfide) groups is 1. The maximum absolute atomic E-state index is 13.4. The summed E-state index contributed by atoms with van der Waals surface area (Å²) in [6.07, 6.45) is -2.44. The van der Waals surface area contributed by atoms with Crippen molar-refractivity contribution < 1.29 is 38.5 Å². The Hall–Kier alpha value is -5.01. The van der Waals surface area contributed by atoms with Gasteiger partial charge in [-0.3, -0.25) is 14.4 Å². The molecular weight excluding hydrogens is 671 g/mol. The van der Waals surface area contributed by atoms with E-state index in [4.69, 9.17) is 14.2 Å². The van der Waals surface area contributed by atoms with E-state index in [1.807, 2.05) is 84.9 Å². The topological polar surface area (TPSA) is 144 Å². The molecule has 2 saturated heterocycles. The predicted molar refractivity (Wildman–Crippen MR) is 192 cm³/mol. The number of rotatable bonds is 11. The van der Waals surface area contributed by atoms with E-state index >= 15 is 0 Å². The summed E-state index contributed by atoms with van der Waals surface area (Å²) in [7, 11) is 0. The number of imide groups is 1. The predicted octanol–water partition coefficient (Wildman–Crippen LogP) is 6.28. The second-order valence-corrected chi connectivity index (χ2v) is 13.6. The zero-order valence-corrected chi connectivity index (χ0v) is 29.0. The van der Waals surface area contributed by atoms with Gasteiger partial charge in [0.05, 0.1) is 30.9 Å². The van der Waals surface area contributed by atoms with E-state index < -0.39 is 30.2 Å². The van der Waals surface area contributed by atoms with Crippen LogP contribution >= 0.6 is 11.8 Å². The first-order valence-corrected chi connectivity index (χ1v) is 17.6. The third-order valence-electron chi connectivity index (χ3n) is 8.76. The van der Waals surface area contributed by atoms with Gasteiger partial charge < -0.3 is 30.0 Å². The molecule has 4 aromatic rings. The van der Waals surface area contributed by atoms with Gasteiger partial charge in [-0.2, -0.15) is 0 Å². The van der Waals surface area contributed by atoms with Crippen LogP contribution in [0.1, 0.15) is 54.9 Å². The Balaban J connectivity index is 1.18. The molecule has 2 fully saturated rings. The van der Waals surface area contributed by atoms with Crippen molar-refractivity contribution >= 4 is 47.0 Å². The molecule has 4 aromatic carbocycles. The maximum atomic E-state index is 13.4. The van der Waals surface area contributed by atoms with E-state index in [1.54, 1.807) is 30.0 Å². The second-order valence-electron chi connectivity index (χ2n) is 12.5. The fourth-order valence-electron chi connectivity index (χ4n) is 6.06. The van der Waals surface area contributed by atoms with Crippen molar-refractivity contribution in [3.05, 3.63) is 125 Å². The van der Waals surface area contributed by atoms with Gasteiger partial charge in [-0.25, -0.2) is 9.69 Å². The summed E-state index contributed by atoms with van der Waals surface area (Å²) in [6.45, 7) is 3.50. The molecule has 2 aliphatic heterocycles. The van der Waals surface area contributed by atoms with Gasteiger partial charge in [-0.05, 0) is 53.1 Å². The number of aliphatic hydroxyl groups excluding tert-OH is 1. The first-order valence-electron chi connectivity index (χ1n) is 16.6. The zero-order valence-electron chi connectivity index (χ0n) is 28.2. The second kappa shape index (κ2) is 16.3. The van der Waals surface area contributed by atoms with Crippen LogP contribution in [0.3, 0.4) is 0 Å². The van der Waals surface area contributed by atoms with Crippen molar-refractivity contribution in [2.75, 3.05) is 16.0 Å². The standard InChI is InChI=1S/C39H39N3O8S/c1-24-34(23-51-32-17-15-30(16-18-32)40-25(2)44)49-38(50-36(24)28-13-11-26(21-43)12-14-28)29-9-6-10-31(19-29)42-35(45)20-33(37(42)46)41-39(47)48-22-27-7-4-3-5-8-27/h3-19,24,33-34,36,38,43H,20-23H2,1-2H3,(H,40,44)(H,41,47). The van der Waals surface area contributed by atoms with E-state index in [0.717, 1.165) is 26.5 Å². The lowest BCUT2D eigenvalue weighted by molar-refractivity contribution is -0.268. The number of ether oxygens (including phenoxy) is 3. The molecule has 3 N–H and O–H groups in total. The molecule has 0 spiro atoms. The summed E-state index contributed by atoms with van der Waals surface area (Å²) in [4.78, 5) is 52.5. The summed E-state index contributed by atoms with van der Waals surface area (Å²) in [5.41, 5.74) is 4.18. The number of nitrogens with zero attached hydrogens (tertiary/aromatic N) is 1. The van der Waals surface area contributed by atoms with Gasteiger partial charge in [0.15, 0.2) is 6.29 Å². The van der Waals surface area contributed by atoms with Crippen LogP contribution in [0, 0.1) is 5.92 Å². The summed E-state index contributed by atoms with van der Waals surface area (Å²) in [6, 6.07) is 30.2. The van der Waals surface area contributed by atoms with E-state index in [9.17, 15) is 24.3 Å². The van der Waals surface area contributed by atoms with Crippen LogP contribution in [-0.2, 0) is 41.8 Å². The highest BCUT2D eigenvalue weighted by Crippen LogP contribution is 2.43. The average molecular weight is 710 g/mol. The highest BCUT2D eigenvalue weighted by atomic mass is 32.2. The van der Waals surface area contributed by atoms with E-state index in [1.165, 1.54) is 6.92 Å². The van der Waals surface area contributed by atoms with E-state index in [0.29, 0.717) is 22.7 Å². The molecule has 2 aliphatic rings. The molecule has 51 heavy (non-hydrogen) atoms. The van der Waals surface area contributed by atoms with Crippen molar-refractivity contribution in [1.29, 1.82) is 0 Å². The summed E-state index contributed by atoms with van der Waals surface area (Å²) in [5.74, 6) is -0.616. The monoisotopic (exact) mass is 709 g/mol. The van der Waals surface area contributed by atoms with Gasteiger partial charge in [0, 0.05) is 34.7 Å². The Morgan fingerprint density at radius 3 is 2.35 bits per heavy atom. The molecule has 0 saturated carbocycles. The van der Waals surface area contributed by atoms with Crippen LogP contribution in [0.15, 0.2) is 108 Å². The van der Waals surface area contributed by atoms with Crippen LogP contribution in [0.4, 0.5) is 16.2 Å². The quantitative estimate of drug-likeness (QED) is 0.121. The number of benzene rings is 4. The SMILES string of the molecule is CC(=O)Nc1ccc(SCC2OC(c3cccc(N4C(=O)CC(NC(=O)OCc5ccccc5)C4=O)c3)OC(c3ccc(CO)cc3)C2C)cc1. The number of carbonyl (C=O) groups is 4. The lowest BCUT2D eigenvalue weighted by Crippen LogP contribution is -2.42. The number of anilines is 2. The van der Waals surface area contributed by atoms with Gasteiger partial charge >= 0.3 is 6.09 Å². The molecule has 5 atom stereocenters. The Labute approximate surface area is 300 Å². The molecule has 6 rings (SSSR count). The van der Waals surface area contributed by atoms with Crippen molar-refractivity contribution in [2.45, 2.75) is 62.9 Å². The smallest absolute Gasteiger partial charge is 0.408 e. The highest BCUT2D eigenvalue weighted by molar-refractivity contribution is 7.99. The molecule has 5 unspecified atom stereocenters. The van der Waals surface area contributed by atoms with Gasteiger partial charge in [-0.1, -0.05) is 73.7 Å². The first-order chi connectivity index (χ1) is 24.7. The summed E-state index contributed by atoms with van der Waals surface area (Å²) < 4.78 is 18.4. The Morgan fingerprint density at radius 2 is 1.65 bits per heavy atom. The normalized spacial score (nSPS) is 21.7. The molecule has 2 heterocycles. The molecule has 4 amide bonds. The minimum atomic E-state index is -1.06. The van der Waals surface area contributed by atoms with Crippen LogP contribution < -0.4 is 15.5 Å². The average Bonchev–Trinajstić information content (AvgIpc) is 3.42. The fraction of sp³-hybridized carbons (Fsp3) is 0.282. The third-order valence-corrected chi connectivity index (χ3v) is 9.87. The Morgan fingerprint density at radius 1 is 0.902 bits per heavy atom. The number of hydrogen-bond acceptors (Lipinski definition) is 9. The van der Waals surface area contributed by atoms with Crippen LogP contribution in [-0.4, -0.2) is 46.8 Å². The summed E-state index contributed by atoms with van der Waals surface area (Å²) >= 11 is 1.62. The van der Waals surface area contributed by atoms with Crippen molar-refractivity contribution in [3.8, 4) is 0 Å². The molecule has 0 radical (unpaired) electrons. The number of carbonyl (C=O) groups excluding carboxylic acids is 4. The minimum absolute atomic E-state index is 0.0320. The van der Waals surface area contributed by atoms with Crippen molar-refractivity contribution in [3.63, 3.8) is 0 Å². The first kappa shape index (κ1) is 35.8. The largest absolute Gasteiger partial charge is 0.445 e. The zero-order chi connectivity index (χ0) is 35.9. The van der Waals surface area contributed by atoms with Crippen molar-refractivity contribution in [2.24, 2.45) is 5.92 Å². The number of alkyl carbamates (subject to hydrolysis) is 1. The van der Waals surface area contributed by atoms with E-state index in [2.05, 4.69) is 17.6 Å². The number of amides is 4. The molecule has 12 heteroatoms. The van der Waals surface area contributed by atoms with Gasteiger partial charge in [0.1, 0.15) is 12.6 Å². The van der Waals surface area contributed by atoms with Crippen LogP contribution in [0.2, 0.25) is 0 Å². The highest BCUT2D eigenvalue weighted by Gasteiger charge is 2.42. The number of hydrogen-bond donors (Lipinski definition) is 3. The molecule has 0 aromatic heterocycles. The Kier molecular flexibility index (Phi) is 11.5. The molecule has 11 nitrogen and oxygen atoms in total. The van der Waals surface area contributed by atoms with Crippen molar-refractivity contribution in [1.82, 2.24) is 5.32 Å². The van der Waals surface area contributed by atoms with Gasteiger partial charge in [0.2, 0.25) is 11.8 Å².